The molecule has 0 spiro atoms. The molecule has 0 atom stereocenters. The Bertz CT molecular complexity index is 525. The van der Waals surface area contributed by atoms with E-state index in [2.05, 4.69) is 21.6 Å². The van der Waals surface area contributed by atoms with Crippen molar-refractivity contribution in [1.82, 2.24) is 0 Å². The van der Waals surface area contributed by atoms with Gasteiger partial charge in [-0.05, 0) is 0 Å². The van der Waals surface area contributed by atoms with E-state index in [9.17, 15) is 0 Å². The SMILES string of the molecule is [Cr][c]1cccc2c1Nc1ccccc1O2. The molecule has 0 saturated carbocycles. The molecule has 2 aromatic carbocycles. The molecule has 0 aromatic heterocycles. The Morgan fingerprint density at radius 2 is 1.73 bits per heavy atom. The van der Waals surface area contributed by atoms with E-state index in [0.717, 1.165) is 27.3 Å². The summed E-state index contributed by atoms with van der Waals surface area (Å²) in [5.74, 6) is 1.74. The van der Waals surface area contributed by atoms with Gasteiger partial charge in [0, 0.05) is 0 Å². The molecule has 0 saturated heterocycles. The van der Waals surface area contributed by atoms with Crippen LogP contribution in [0.4, 0.5) is 11.4 Å². The predicted octanol–water partition coefficient (Wildman–Crippen LogP) is 2.71. The summed E-state index contributed by atoms with van der Waals surface area (Å²) in [4.78, 5) is 0. The molecular weight excluding hydrogens is 226 g/mol. The zero-order chi connectivity index (χ0) is 10.3. The van der Waals surface area contributed by atoms with Crippen LogP contribution in [0.3, 0.4) is 0 Å². The number of anilines is 2. The number of para-hydroxylation sites is 3. The number of ether oxygens (including phenoxy) is 1. The van der Waals surface area contributed by atoms with Crippen LogP contribution in [0.2, 0.25) is 0 Å². The van der Waals surface area contributed by atoms with Crippen LogP contribution in [0.15, 0.2) is 42.5 Å². The first kappa shape index (κ1) is 8.85. The van der Waals surface area contributed by atoms with Crippen molar-refractivity contribution in [2.75, 3.05) is 5.32 Å². The van der Waals surface area contributed by atoms with Crippen LogP contribution in [-0.2, 0) is 16.3 Å². The molecule has 1 aliphatic heterocycles. The summed E-state index contributed by atoms with van der Waals surface area (Å²) >= 11 is 3.02. The van der Waals surface area contributed by atoms with Crippen molar-refractivity contribution < 1.29 is 21.0 Å². The van der Waals surface area contributed by atoms with Gasteiger partial charge in [0.25, 0.3) is 0 Å². The average Bonchev–Trinajstić information content (AvgIpc) is 2.27. The fraction of sp³-hybridized carbons (Fsp3) is 0. The van der Waals surface area contributed by atoms with E-state index in [1.54, 1.807) is 0 Å². The summed E-state index contributed by atoms with van der Waals surface area (Å²) < 4.78 is 6.85. The minimum absolute atomic E-state index is 0.866. The van der Waals surface area contributed by atoms with Gasteiger partial charge in [0.1, 0.15) is 0 Å². The maximum atomic E-state index is 5.78. The van der Waals surface area contributed by atoms with Crippen molar-refractivity contribution in [2.45, 2.75) is 0 Å². The quantitative estimate of drug-likeness (QED) is 0.645. The van der Waals surface area contributed by atoms with E-state index in [1.807, 2.05) is 42.5 Å². The Kier molecular flexibility index (Phi) is 1.95. The maximum absolute atomic E-state index is 5.78. The summed E-state index contributed by atoms with van der Waals surface area (Å²) in [6, 6.07) is 13.9. The first-order valence-corrected chi connectivity index (χ1v) is 5.32. The molecule has 0 amide bonds. The van der Waals surface area contributed by atoms with E-state index in [4.69, 9.17) is 4.74 Å². The Morgan fingerprint density at radius 3 is 2.67 bits per heavy atom. The van der Waals surface area contributed by atoms with Gasteiger partial charge in [-0.2, -0.15) is 0 Å². The Balaban J connectivity index is 2.15. The standard InChI is InChI=1S/C12H8NO.Cr/c1-3-7-11-9(5-1)13-10-6-2-4-8-12(10)14-11;/h1-5,7-8,13H;. The summed E-state index contributed by atoms with van der Waals surface area (Å²) in [7, 11) is 0. The third kappa shape index (κ3) is 1.41. The van der Waals surface area contributed by atoms with Gasteiger partial charge in [0.05, 0.1) is 0 Å². The number of rotatable bonds is 0. The van der Waals surface area contributed by atoms with E-state index in [0.29, 0.717) is 0 Å². The number of benzene rings is 2. The number of nitrogens with one attached hydrogen (secondary N) is 1. The van der Waals surface area contributed by atoms with Crippen LogP contribution < -0.4 is 14.5 Å². The second kappa shape index (κ2) is 3.30. The summed E-state index contributed by atoms with van der Waals surface area (Å²) in [6.07, 6.45) is 0. The third-order valence-corrected chi connectivity index (χ3v) is 2.89. The van der Waals surface area contributed by atoms with Crippen LogP contribution in [-0.4, -0.2) is 0 Å². The molecule has 0 aliphatic carbocycles. The molecule has 2 aromatic rings. The predicted molar refractivity (Wildman–Crippen MR) is 55.9 cm³/mol. The van der Waals surface area contributed by atoms with Gasteiger partial charge in [-0.3, -0.25) is 0 Å². The first-order chi connectivity index (χ1) is 7.34. The Labute approximate surface area is 96.3 Å². The fourth-order valence-corrected chi connectivity index (χ4v) is 1.99. The van der Waals surface area contributed by atoms with Gasteiger partial charge in [-0.25, -0.2) is 0 Å². The van der Waals surface area contributed by atoms with Gasteiger partial charge >= 0.3 is 96.1 Å². The fourth-order valence-electron chi connectivity index (χ4n) is 1.63. The van der Waals surface area contributed by atoms with Crippen molar-refractivity contribution in [2.24, 2.45) is 0 Å². The molecule has 3 heteroatoms. The molecule has 1 aliphatic rings. The van der Waals surface area contributed by atoms with Crippen molar-refractivity contribution in [3.05, 3.63) is 42.5 Å². The molecule has 73 valence electrons. The second-order valence-electron chi connectivity index (χ2n) is 3.35. The van der Waals surface area contributed by atoms with Gasteiger partial charge in [-0.15, -0.1) is 0 Å². The van der Waals surface area contributed by atoms with Gasteiger partial charge in [0.15, 0.2) is 0 Å². The van der Waals surface area contributed by atoms with Crippen LogP contribution in [0.5, 0.6) is 11.5 Å². The van der Waals surface area contributed by atoms with Crippen molar-refractivity contribution >= 4 is 15.8 Å². The molecule has 0 radical (unpaired) electrons. The molecule has 0 fully saturated rings. The zero-order valence-corrected chi connectivity index (χ0v) is 9.13. The second-order valence-corrected chi connectivity index (χ2v) is 4.04. The van der Waals surface area contributed by atoms with E-state index >= 15 is 0 Å². The van der Waals surface area contributed by atoms with E-state index < -0.39 is 0 Å². The number of hydrogen-bond acceptors (Lipinski definition) is 2. The summed E-state index contributed by atoms with van der Waals surface area (Å²) in [5, 5.41) is 3.35. The first-order valence-electron chi connectivity index (χ1n) is 4.68. The Morgan fingerprint density at radius 1 is 0.933 bits per heavy atom. The zero-order valence-electron chi connectivity index (χ0n) is 7.86. The molecule has 0 bridgehead atoms. The molecule has 2 nitrogen and oxygen atoms in total. The van der Waals surface area contributed by atoms with Crippen LogP contribution >= 0.6 is 0 Å². The monoisotopic (exact) mass is 234 g/mol. The minimum atomic E-state index is 0.866. The molecule has 1 heterocycles. The number of hydrogen-bond donors (Lipinski definition) is 1. The molecule has 3 rings (SSSR count). The van der Waals surface area contributed by atoms with Crippen molar-refractivity contribution in [3.8, 4) is 11.5 Å². The normalized spacial score (nSPS) is 12.0. The average molecular weight is 234 g/mol. The Hall–Kier alpha value is -1.43. The molecule has 15 heavy (non-hydrogen) atoms. The van der Waals surface area contributed by atoms with E-state index in [-0.39, 0.29) is 0 Å². The summed E-state index contributed by atoms with van der Waals surface area (Å²) in [5.41, 5.74) is 2.02. The van der Waals surface area contributed by atoms with Gasteiger partial charge < -0.3 is 0 Å². The molecule has 1 N–H and O–H groups in total. The number of fused-ring (bicyclic) bond motifs is 2. The van der Waals surface area contributed by atoms with Crippen molar-refractivity contribution in [3.63, 3.8) is 0 Å². The third-order valence-electron chi connectivity index (χ3n) is 2.35. The molecular formula is C12H8CrNO. The van der Waals surface area contributed by atoms with Crippen LogP contribution in [0.25, 0.3) is 0 Å². The van der Waals surface area contributed by atoms with Crippen molar-refractivity contribution in [1.29, 1.82) is 0 Å². The van der Waals surface area contributed by atoms with E-state index in [1.165, 1.54) is 0 Å². The summed E-state index contributed by atoms with van der Waals surface area (Å²) in [6.45, 7) is 0. The molecule has 0 unspecified atom stereocenters. The van der Waals surface area contributed by atoms with Gasteiger partial charge in [0.2, 0.25) is 0 Å². The van der Waals surface area contributed by atoms with Gasteiger partial charge in [-0.1, -0.05) is 0 Å². The van der Waals surface area contributed by atoms with Crippen LogP contribution in [0, 0.1) is 0 Å². The van der Waals surface area contributed by atoms with Crippen LogP contribution in [0.1, 0.15) is 0 Å². The topological polar surface area (TPSA) is 21.3 Å².